The summed E-state index contributed by atoms with van der Waals surface area (Å²) in [6, 6.07) is 6.42. The number of likely N-dealkylation sites (tertiary alicyclic amines) is 2. The number of carbonyl (C=O) groups excluding carboxylic acids is 2. The van der Waals surface area contributed by atoms with Crippen molar-refractivity contribution < 1.29 is 18.0 Å². The third-order valence-electron chi connectivity index (χ3n) is 5.38. The lowest BCUT2D eigenvalue weighted by molar-refractivity contribution is -0.143. The first-order chi connectivity index (χ1) is 12.3. The summed E-state index contributed by atoms with van der Waals surface area (Å²) in [7, 11) is -1.52. The van der Waals surface area contributed by atoms with Crippen LogP contribution in [-0.4, -0.2) is 62.5 Å². The van der Waals surface area contributed by atoms with Crippen LogP contribution in [0.3, 0.4) is 0 Å². The van der Waals surface area contributed by atoms with Gasteiger partial charge in [0.15, 0.2) is 0 Å². The summed E-state index contributed by atoms with van der Waals surface area (Å²) in [6.07, 6.45) is 2.50. The van der Waals surface area contributed by atoms with E-state index in [0.717, 1.165) is 19.4 Å². The summed E-state index contributed by atoms with van der Waals surface area (Å²) in [4.78, 5) is 28.9. The minimum Gasteiger partial charge on any atom is -0.345 e. The molecule has 2 saturated heterocycles. The Morgan fingerprint density at radius 1 is 1.19 bits per heavy atom. The molecule has 0 aromatic heterocycles. The first kappa shape index (κ1) is 18.7. The second-order valence-corrected chi connectivity index (χ2v) is 9.18. The van der Waals surface area contributed by atoms with Crippen LogP contribution in [0.15, 0.2) is 24.3 Å². The molecule has 26 heavy (non-hydrogen) atoms. The fourth-order valence-corrected chi connectivity index (χ4v) is 4.45. The van der Waals surface area contributed by atoms with Crippen LogP contribution in [0.4, 0.5) is 5.69 Å². The van der Waals surface area contributed by atoms with E-state index in [4.69, 9.17) is 0 Å². The lowest BCUT2D eigenvalue weighted by Gasteiger charge is -2.37. The standard InChI is InChI=1S/C18H25N3O4S/c1-3-26(24,25)19-15-7-5-14(6-8-15)16(22)21-12-10-18(13-21)9-4-11-20(2)17(18)23/h5-8,19H,3-4,9-13H2,1-2H3. The molecule has 1 aromatic rings. The highest BCUT2D eigenvalue weighted by Crippen LogP contribution is 2.40. The Balaban J connectivity index is 1.69. The first-order valence-electron chi connectivity index (χ1n) is 8.92. The van der Waals surface area contributed by atoms with Crippen molar-refractivity contribution in [3.8, 4) is 0 Å². The number of nitrogens with zero attached hydrogens (tertiary/aromatic N) is 2. The summed E-state index contributed by atoms with van der Waals surface area (Å²) in [6.45, 7) is 3.37. The molecule has 1 atom stereocenters. The van der Waals surface area contributed by atoms with Crippen LogP contribution >= 0.6 is 0 Å². The van der Waals surface area contributed by atoms with Crippen molar-refractivity contribution in [2.24, 2.45) is 5.41 Å². The van der Waals surface area contributed by atoms with Gasteiger partial charge >= 0.3 is 0 Å². The number of sulfonamides is 1. The van der Waals surface area contributed by atoms with E-state index in [0.29, 0.717) is 30.8 Å². The number of anilines is 1. The molecule has 2 heterocycles. The second kappa shape index (κ2) is 6.90. The minimum absolute atomic E-state index is 0.00792. The zero-order valence-electron chi connectivity index (χ0n) is 15.2. The van der Waals surface area contributed by atoms with Crippen molar-refractivity contribution in [2.75, 3.05) is 37.2 Å². The molecule has 2 fully saturated rings. The minimum atomic E-state index is -3.34. The van der Waals surface area contributed by atoms with Gasteiger partial charge in [-0.1, -0.05) is 0 Å². The van der Waals surface area contributed by atoms with E-state index in [1.807, 2.05) is 7.05 Å². The van der Waals surface area contributed by atoms with Gasteiger partial charge in [0.1, 0.15) is 0 Å². The van der Waals surface area contributed by atoms with Gasteiger partial charge in [0, 0.05) is 37.9 Å². The Labute approximate surface area is 154 Å². The third kappa shape index (κ3) is 3.56. The predicted octanol–water partition coefficient (Wildman–Crippen LogP) is 1.53. The highest BCUT2D eigenvalue weighted by molar-refractivity contribution is 7.92. The molecular formula is C18H25N3O4S. The first-order valence-corrected chi connectivity index (χ1v) is 10.6. The van der Waals surface area contributed by atoms with Crippen LogP contribution in [0.5, 0.6) is 0 Å². The summed E-state index contributed by atoms with van der Waals surface area (Å²) >= 11 is 0. The molecule has 0 aliphatic carbocycles. The molecule has 7 nitrogen and oxygen atoms in total. The molecule has 1 N–H and O–H groups in total. The quantitative estimate of drug-likeness (QED) is 0.860. The van der Waals surface area contributed by atoms with E-state index in [1.54, 1.807) is 41.0 Å². The van der Waals surface area contributed by atoms with Crippen molar-refractivity contribution in [1.82, 2.24) is 9.80 Å². The Morgan fingerprint density at radius 3 is 2.54 bits per heavy atom. The molecule has 0 bridgehead atoms. The molecular weight excluding hydrogens is 354 g/mol. The van der Waals surface area contributed by atoms with E-state index in [1.165, 1.54) is 0 Å². The smallest absolute Gasteiger partial charge is 0.253 e. The molecule has 8 heteroatoms. The second-order valence-electron chi connectivity index (χ2n) is 7.17. The molecule has 2 aliphatic heterocycles. The van der Waals surface area contributed by atoms with Crippen LogP contribution in [0.2, 0.25) is 0 Å². The number of rotatable bonds is 4. The number of benzene rings is 1. The molecule has 2 amide bonds. The van der Waals surface area contributed by atoms with Gasteiger partial charge in [0.05, 0.1) is 11.2 Å². The fourth-order valence-electron chi connectivity index (χ4n) is 3.81. The number of hydrogen-bond donors (Lipinski definition) is 1. The van der Waals surface area contributed by atoms with E-state index >= 15 is 0 Å². The summed E-state index contributed by atoms with van der Waals surface area (Å²) in [5.41, 5.74) is 0.503. The SMILES string of the molecule is CCS(=O)(=O)Nc1ccc(C(=O)N2CCC3(CCCN(C)C3=O)C2)cc1. The van der Waals surface area contributed by atoms with Gasteiger partial charge in [0.2, 0.25) is 15.9 Å². The fraction of sp³-hybridized carbons (Fsp3) is 0.556. The average Bonchev–Trinajstić information content (AvgIpc) is 3.04. The summed E-state index contributed by atoms with van der Waals surface area (Å²) in [5.74, 6) is 0.0163. The van der Waals surface area contributed by atoms with Gasteiger partial charge in [-0.15, -0.1) is 0 Å². The number of amides is 2. The van der Waals surface area contributed by atoms with E-state index in [-0.39, 0.29) is 17.6 Å². The molecule has 0 saturated carbocycles. The highest BCUT2D eigenvalue weighted by atomic mass is 32.2. The van der Waals surface area contributed by atoms with Crippen molar-refractivity contribution in [2.45, 2.75) is 26.2 Å². The molecule has 0 radical (unpaired) electrons. The Kier molecular flexibility index (Phi) is 4.96. The maximum absolute atomic E-state index is 12.8. The lowest BCUT2D eigenvalue weighted by atomic mass is 9.78. The maximum Gasteiger partial charge on any atom is 0.253 e. The maximum atomic E-state index is 12.8. The highest BCUT2D eigenvalue weighted by Gasteiger charge is 2.48. The van der Waals surface area contributed by atoms with Gasteiger partial charge in [-0.3, -0.25) is 14.3 Å². The van der Waals surface area contributed by atoms with Crippen LogP contribution < -0.4 is 4.72 Å². The zero-order chi connectivity index (χ0) is 18.9. The van der Waals surface area contributed by atoms with Crippen LogP contribution in [0.1, 0.15) is 36.5 Å². The van der Waals surface area contributed by atoms with Gasteiger partial charge in [-0.25, -0.2) is 8.42 Å². The normalized spacial score (nSPS) is 23.5. The van der Waals surface area contributed by atoms with E-state index < -0.39 is 15.4 Å². The van der Waals surface area contributed by atoms with Crippen molar-refractivity contribution in [3.05, 3.63) is 29.8 Å². The molecule has 1 unspecified atom stereocenters. The lowest BCUT2D eigenvalue weighted by Crippen LogP contribution is -2.48. The molecule has 3 rings (SSSR count). The molecule has 142 valence electrons. The Bertz CT molecular complexity index is 806. The summed E-state index contributed by atoms with van der Waals surface area (Å²) < 4.78 is 25.7. The van der Waals surface area contributed by atoms with E-state index in [9.17, 15) is 18.0 Å². The number of nitrogens with one attached hydrogen (secondary N) is 1. The monoisotopic (exact) mass is 379 g/mol. The largest absolute Gasteiger partial charge is 0.345 e. The van der Waals surface area contributed by atoms with Gasteiger partial charge < -0.3 is 9.80 Å². The van der Waals surface area contributed by atoms with Gasteiger partial charge in [0.25, 0.3) is 5.91 Å². The number of hydrogen-bond acceptors (Lipinski definition) is 4. The predicted molar refractivity (Wildman–Crippen MR) is 99.4 cm³/mol. The topological polar surface area (TPSA) is 86.8 Å². The Morgan fingerprint density at radius 2 is 1.88 bits per heavy atom. The summed E-state index contributed by atoms with van der Waals surface area (Å²) in [5, 5.41) is 0. The van der Waals surface area contributed by atoms with Gasteiger partial charge in [-0.2, -0.15) is 0 Å². The van der Waals surface area contributed by atoms with Crippen LogP contribution in [-0.2, 0) is 14.8 Å². The van der Waals surface area contributed by atoms with Crippen LogP contribution in [0, 0.1) is 5.41 Å². The number of carbonyl (C=O) groups is 2. The molecule has 2 aliphatic rings. The Hall–Kier alpha value is -2.09. The third-order valence-corrected chi connectivity index (χ3v) is 6.68. The van der Waals surface area contributed by atoms with Crippen molar-refractivity contribution >= 4 is 27.5 Å². The van der Waals surface area contributed by atoms with E-state index in [2.05, 4.69) is 4.72 Å². The molecule has 1 aromatic carbocycles. The number of piperidine rings is 1. The van der Waals surface area contributed by atoms with Crippen molar-refractivity contribution in [1.29, 1.82) is 0 Å². The molecule has 1 spiro atoms. The van der Waals surface area contributed by atoms with Crippen LogP contribution in [0.25, 0.3) is 0 Å². The van der Waals surface area contributed by atoms with Crippen molar-refractivity contribution in [3.63, 3.8) is 0 Å². The zero-order valence-corrected chi connectivity index (χ0v) is 16.0. The average molecular weight is 379 g/mol. The van der Waals surface area contributed by atoms with Gasteiger partial charge in [-0.05, 0) is 50.5 Å².